The Morgan fingerprint density at radius 1 is 1.15 bits per heavy atom. The predicted molar refractivity (Wildman–Crippen MR) is 99.5 cm³/mol. The zero-order valence-electron chi connectivity index (χ0n) is 15.7. The third-order valence-corrected chi connectivity index (χ3v) is 4.30. The first kappa shape index (κ1) is 20.2. The van der Waals surface area contributed by atoms with Gasteiger partial charge < -0.3 is 19.4 Å². The molecule has 1 aromatic carbocycles. The van der Waals surface area contributed by atoms with Crippen LogP contribution in [0.2, 0.25) is 0 Å². The van der Waals surface area contributed by atoms with E-state index in [4.69, 9.17) is 9.47 Å². The summed E-state index contributed by atoms with van der Waals surface area (Å²) < 4.78 is 11.7. The molecule has 1 amide bonds. The number of nitrogens with one attached hydrogen (secondary N) is 1. The molecule has 144 valence electrons. The number of rotatable bonds is 8. The summed E-state index contributed by atoms with van der Waals surface area (Å²) in [6, 6.07) is 9.87. The van der Waals surface area contributed by atoms with Crippen molar-refractivity contribution in [1.82, 2.24) is 9.88 Å². The highest BCUT2D eigenvalue weighted by atomic mass is 16.5. The van der Waals surface area contributed by atoms with Crippen LogP contribution in [0.1, 0.15) is 30.6 Å². The van der Waals surface area contributed by atoms with Gasteiger partial charge >= 0.3 is 11.9 Å². The Labute approximate surface area is 158 Å². The number of methoxy groups -OCH3 is 1. The molecule has 2 rings (SSSR count). The lowest BCUT2D eigenvalue weighted by atomic mass is 9.99. The second-order valence-electron chi connectivity index (χ2n) is 6.17. The van der Waals surface area contributed by atoms with Crippen molar-refractivity contribution in [2.75, 3.05) is 13.7 Å². The number of carbonyl (C=O) groups is 3. The van der Waals surface area contributed by atoms with E-state index in [0.717, 1.165) is 5.69 Å². The minimum absolute atomic E-state index is 0.102. The SMILES string of the molecule is CC[C@@H](C)[C@@H](NC(=O)COC(=O)c1cccc(-n2cccc2)c1)C(=O)OC. The molecule has 0 aliphatic rings. The van der Waals surface area contributed by atoms with Gasteiger partial charge in [0.2, 0.25) is 0 Å². The Balaban J connectivity index is 1.95. The summed E-state index contributed by atoms with van der Waals surface area (Å²) in [7, 11) is 1.27. The van der Waals surface area contributed by atoms with Gasteiger partial charge in [-0.2, -0.15) is 0 Å². The Morgan fingerprint density at radius 2 is 1.85 bits per heavy atom. The number of ether oxygens (including phenoxy) is 2. The lowest BCUT2D eigenvalue weighted by Gasteiger charge is -2.21. The van der Waals surface area contributed by atoms with Gasteiger partial charge in [0.25, 0.3) is 5.91 Å². The van der Waals surface area contributed by atoms with E-state index in [2.05, 4.69) is 5.32 Å². The summed E-state index contributed by atoms with van der Waals surface area (Å²) in [5.41, 5.74) is 1.14. The van der Waals surface area contributed by atoms with Crippen molar-refractivity contribution >= 4 is 17.8 Å². The van der Waals surface area contributed by atoms with Crippen LogP contribution in [-0.2, 0) is 19.1 Å². The molecule has 1 N–H and O–H groups in total. The summed E-state index contributed by atoms with van der Waals surface area (Å²) in [5.74, 6) is -1.79. The molecule has 1 heterocycles. The number of aromatic nitrogens is 1. The Hall–Kier alpha value is -3.09. The fourth-order valence-corrected chi connectivity index (χ4v) is 2.53. The van der Waals surface area contributed by atoms with Crippen LogP contribution in [-0.4, -0.2) is 42.2 Å². The minimum Gasteiger partial charge on any atom is -0.467 e. The fraction of sp³-hybridized carbons (Fsp3) is 0.350. The Morgan fingerprint density at radius 3 is 2.48 bits per heavy atom. The lowest BCUT2D eigenvalue weighted by molar-refractivity contribution is -0.147. The number of benzene rings is 1. The number of hydrogen-bond donors (Lipinski definition) is 1. The Kier molecular flexibility index (Phi) is 7.16. The van der Waals surface area contributed by atoms with E-state index in [9.17, 15) is 14.4 Å². The van der Waals surface area contributed by atoms with Crippen LogP contribution >= 0.6 is 0 Å². The van der Waals surface area contributed by atoms with Crippen LogP contribution in [0.25, 0.3) is 5.69 Å². The second-order valence-corrected chi connectivity index (χ2v) is 6.17. The summed E-state index contributed by atoms with van der Waals surface area (Å²) >= 11 is 0. The van der Waals surface area contributed by atoms with Gasteiger partial charge in [-0.15, -0.1) is 0 Å². The Bertz CT molecular complexity index is 785. The third kappa shape index (κ3) is 5.44. The quantitative estimate of drug-likeness (QED) is 0.719. The van der Waals surface area contributed by atoms with Crippen molar-refractivity contribution in [1.29, 1.82) is 0 Å². The second kappa shape index (κ2) is 9.56. The van der Waals surface area contributed by atoms with E-state index >= 15 is 0 Å². The zero-order valence-corrected chi connectivity index (χ0v) is 15.7. The molecule has 0 aliphatic heterocycles. The van der Waals surface area contributed by atoms with Crippen LogP contribution in [0.5, 0.6) is 0 Å². The molecule has 2 aromatic rings. The minimum atomic E-state index is -0.775. The first-order valence-electron chi connectivity index (χ1n) is 8.74. The maximum atomic E-state index is 12.2. The molecule has 0 spiro atoms. The molecule has 0 saturated carbocycles. The van der Waals surface area contributed by atoms with Gasteiger partial charge in [-0.1, -0.05) is 26.3 Å². The topological polar surface area (TPSA) is 86.6 Å². The van der Waals surface area contributed by atoms with E-state index in [-0.39, 0.29) is 5.92 Å². The van der Waals surface area contributed by atoms with Gasteiger partial charge in [-0.25, -0.2) is 9.59 Å². The lowest BCUT2D eigenvalue weighted by Crippen LogP contribution is -2.47. The monoisotopic (exact) mass is 372 g/mol. The van der Waals surface area contributed by atoms with Crippen LogP contribution in [0.3, 0.4) is 0 Å². The molecule has 7 heteroatoms. The van der Waals surface area contributed by atoms with Crippen LogP contribution < -0.4 is 5.32 Å². The molecule has 0 unspecified atom stereocenters. The van der Waals surface area contributed by atoms with Gasteiger partial charge in [0, 0.05) is 18.1 Å². The fourth-order valence-electron chi connectivity index (χ4n) is 2.53. The molecule has 2 atom stereocenters. The van der Waals surface area contributed by atoms with Gasteiger partial charge in [0.1, 0.15) is 6.04 Å². The average Bonchev–Trinajstić information content (AvgIpc) is 3.24. The van der Waals surface area contributed by atoms with Crippen molar-refractivity contribution in [2.45, 2.75) is 26.3 Å². The van der Waals surface area contributed by atoms with Crippen molar-refractivity contribution in [3.05, 3.63) is 54.4 Å². The first-order chi connectivity index (χ1) is 13.0. The molecule has 0 fully saturated rings. The molecular formula is C20H24N2O5. The van der Waals surface area contributed by atoms with Crippen molar-refractivity contribution in [3.63, 3.8) is 0 Å². The van der Waals surface area contributed by atoms with Crippen molar-refractivity contribution in [2.24, 2.45) is 5.92 Å². The summed E-state index contributed by atoms with van der Waals surface area (Å²) in [6.45, 7) is 3.27. The number of amides is 1. The van der Waals surface area contributed by atoms with Crippen LogP contribution in [0.4, 0.5) is 0 Å². The highest BCUT2D eigenvalue weighted by Crippen LogP contribution is 2.12. The van der Waals surface area contributed by atoms with E-state index in [0.29, 0.717) is 12.0 Å². The molecule has 1 aromatic heterocycles. The summed E-state index contributed by atoms with van der Waals surface area (Å²) in [4.78, 5) is 36.1. The van der Waals surface area contributed by atoms with Gasteiger partial charge in [0.05, 0.1) is 12.7 Å². The normalized spacial score (nSPS) is 12.7. The molecule has 0 radical (unpaired) electrons. The highest BCUT2D eigenvalue weighted by Gasteiger charge is 2.27. The third-order valence-electron chi connectivity index (χ3n) is 4.30. The van der Waals surface area contributed by atoms with Gasteiger partial charge in [-0.05, 0) is 36.2 Å². The highest BCUT2D eigenvalue weighted by molar-refractivity contribution is 5.92. The maximum absolute atomic E-state index is 12.2. The van der Waals surface area contributed by atoms with Crippen molar-refractivity contribution < 1.29 is 23.9 Å². The smallest absolute Gasteiger partial charge is 0.338 e. The molecular weight excluding hydrogens is 348 g/mol. The molecule has 7 nitrogen and oxygen atoms in total. The standard InChI is InChI=1S/C20H24N2O5/c1-4-14(2)18(20(25)26-3)21-17(23)13-27-19(24)15-8-7-9-16(12-15)22-10-5-6-11-22/h5-12,14,18H,4,13H2,1-3H3,(H,21,23)/t14-,18-/m1/s1. The summed E-state index contributed by atoms with van der Waals surface area (Å²) in [5, 5.41) is 2.56. The van der Waals surface area contributed by atoms with Gasteiger partial charge in [0.15, 0.2) is 6.61 Å². The summed E-state index contributed by atoms with van der Waals surface area (Å²) in [6.07, 6.45) is 4.41. The van der Waals surface area contributed by atoms with E-state index < -0.39 is 30.5 Å². The number of esters is 2. The number of nitrogens with zero attached hydrogens (tertiary/aromatic N) is 1. The largest absolute Gasteiger partial charge is 0.467 e. The molecule has 0 aliphatic carbocycles. The average molecular weight is 372 g/mol. The number of hydrogen-bond acceptors (Lipinski definition) is 5. The predicted octanol–water partition coefficient (Wildman–Crippen LogP) is 2.34. The van der Waals surface area contributed by atoms with E-state index in [1.54, 1.807) is 18.2 Å². The first-order valence-corrected chi connectivity index (χ1v) is 8.74. The van der Waals surface area contributed by atoms with E-state index in [1.807, 2.05) is 49.0 Å². The zero-order chi connectivity index (χ0) is 19.8. The van der Waals surface area contributed by atoms with Crippen LogP contribution in [0, 0.1) is 5.92 Å². The number of carbonyl (C=O) groups excluding carboxylic acids is 3. The maximum Gasteiger partial charge on any atom is 0.338 e. The van der Waals surface area contributed by atoms with E-state index in [1.165, 1.54) is 7.11 Å². The molecule has 27 heavy (non-hydrogen) atoms. The van der Waals surface area contributed by atoms with Crippen LogP contribution in [0.15, 0.2) is 48.8 Å². The van der Waals surface area contributed by atoms with Crippen molar-refractivity contribution in [3.8, 4) is 5.69 Å². The molecule has 0 bridgehead atoms. The van der Waals surface area contributed by atoms with Gasteiger partial charge in [-0.3, -0.25) is 4.79 Å². The molecule has 0 saturated heterocycles.